The highest BCUT2D eigenvalue weighted by atomic mass is 28.3. The van der Waals surface area contributed by atoms with E-state index in [2.05, 4.69) is 32.8 Å². The van der Waals surface area contributed by atoms with Crippen molar-refractivity contribution in [3.63, 3.8) is 0 Å². The van der Waals surface area contributed by atoms with Gasteiger partial charge in [0.2, 0.25) is 0 Å². The topological polar surface area (TPSA) is 20.2 Å². The highest BCUT2D eigenvalue weighted by Gasteiger charge is 2.43. The monoisotopic (exact) mass is 322 g/mol. The van der Waals surface area contributed by atoms with Gasteiger partial charge >= 0.3 is 0 Å². The molecule has 0 aliphatic rings. The Kier molecular flexibility index (Phi) is 5.08. The highest BCUT2D eigenvalue weighted by Crippen LogP contribution is 2.39. The molecule has 1 nitrogen and oxygen atoms in total. The number of hydrogen-bond donors (Lipinski definition) is 1. The van der Waals surface area contributed by atoms with Crippen LogP contribution in [0.5, 0.6) is 0 Å². The normalized spacial score (nSPS) is 14.1. The number of benzene rings is 2. The predicted molar refractivity (Wildman–Crippen MR) is 103 cm³/mol. The van der Waals surface area contributed by atoms with Gasteiger partial charge in [-0.25, -0.2) is 0 Å². The van der Waals surface area contributed by atoms with Crippen LogP contribution in [0.2, 0.25) is 19.6 Å². The highest BCUT2D eigenvalue weighted by molar-refractivity contribution is 6.78. The number of aliphatic hydroxyl groups is 1. The maximum atomic E-state index is 11.5. The zero-order valence-corrected chi connectivity index (χ0v) is 15.3. The van der Waals surface area contributed by atoms with Crippen molar-refractivity contribution in [1.29, 1.82) is 0 Å². The van der Waals surface area contributed by atoms with Gasteiger partial charge in [-0.3, -0.25) is 0 Å². The first kappa shape index (κ1) is 17.5. The molecule has 0 aliphatic carbocycles. The van der Waals surface area contributed by atoms with E-state index in [1.54, 1.807) is 0 Å². The van der Waals surface area contributed by atoms with Crippen LogP contribution in [0.1, 0.15) is 17.5 Å². The van der Waals surface area contributed by atoms with Gasteiger partial charge in [-0.15, -0.1) is 0 Å². The molecule has 0 radical (unpaired) electrons. The van der Waals surface area contributed by atoms with Crippen LogP contribution in [0, 0.1) is 0 Å². The van der Waals surface area contributed by atoms with Gasteiger partial charge in [0.15, 0.2) is 0 Å². The Hall–Kier alpha value is -1.90. The fourth-order valence-corrected chi connectivity index (χ4v) is 4.55. The fourth-order valence-electron chi connectivity index (χ4n) is 2.77. The Morgan fingerprint density at radius 1 is 0.913 bits per heavy atom. The van der Waals surface area contributed by atoms with Crippen LogP contribution < -0.4 is 0 Å². The molecule has 2 aromatic carbocycles. The van der Waals surface area contributed by atoms with Crippen LogP contribution in [0.3, 0.4) is 0 Å². The van der Waals surface area contributed by atoms with Crippen molar-refractivity contribution < 1.29 is 5.11 Å². The summed E-state index contributed by atoms with van der Waals surface area (Å²) >= 11 is 0. The van der Waals surface area contributed by atoms with Crippen LogP contribution >= 0.6 is 0 Å². The summed E-state index contributed by atoms with van der Waals surface area (Å²) in [5.74, 6) is 0. The third-order valence-electron chi connectivity index (χ3n) is 4.51. The molecule has 2 heteroatoms. The fraction of sp³-hybridized carbons (Fsp3) is 0.238. The molecule has 2 aromatic rings. The van der Waals surface area contributed by atoms with Crippen LogP contribution in [-0.2, 0) is 5.22 Å². The molecule has 0 amide bonds. The van der Waals surface area contributed by atoms with Gasteiger partial charge in [-0.2, -0.15) is 0 Å². The van der Waals surface area contributed by atoms with Gasteiger partial charge in [-0.05, 0) is 22.3 Å². The Labute approximate surface area is 141 Å². The van der Waals surface area contributed by atoms with E-state index in [9.17, 15) is 5.11 Å². The molecule has 120 valence electrons. The lowest BCUT2D eigenvalue weighted by Crippen LogP contribution is -2.49. The van der Waals surface area contributed by atoms with Gasteiger partial charge < -0.3 is 5.11 Å². The molecule has 0 saturated heterocycles. The molecular weight excluding hydrogens is 296 g/mol. The molecule has 0 saturated carbocycles. The average Bonchev–Trinajstić information content (AvgIpc) is 2.54. The van der Waals surface area contributed by atoms with Gasteiger partial charge in [0.25, 0.3) is 0 Å². The summed E-state index contributed by atoms with van der Waals surface area (Å²) in [5, 5.41) is 10.7. The number of hydrogen-bond acceptors (Lipinski definition) is 1. The van der Waals surface area contributed by atoms with E-state index in [0.29, 0.717) is 6.42 Å². The van der Waals surface area contributed by atoms with E-state index in [4.69, 9.17) is 0 Å². The van der Waals surface area contributed by atoms with E-state index in [-0.39, 0.29) is 0 Å². The summed E-state index contributed by atoms with van der Waals surface area (Å²) in [6.45, 7) is 15.0. The standard InChI is InChI=1S/C21H26OSi/c1-17(18(2)19-12-8-6-9-13-19)16-21(22,23(3,4)5)20-14-10-7-11-15-20/h6-15,22H,1-2,16H2,3-5H3. The lowest BCUT2D eigenvalue weighted by Gasteiger charge is -2.40. The van der Waals surface area contributed by atoms with Crippen LogP contribution in [-0.4, -0.2) is 13.2 Å². The van der Waals surface area contributed by atoms with Crippen molar-refractivity contribution >= 4 is 13.6 Å². The van der Waals surface area contributed by atoms with E-state index in [0.717, 1.165) is 22.3 Å². The summed E-state index contributed by atoms with van der Waals surface area (Å²) in [5.41, 5.74) is 3.83. The zero-order valence-electron chi connectivity index (χ0n) is 14.3. The summed E-state index contributed by atoms with van der Waals surface area (Å²) in [6, 6.07) is 20.0. The maximum Gasteiger partial charge on any atom is 0.0882 e. The molecule has 0 aromatic heterocycles. The van der Waals surface area contributed by atoms with Crippen molar-refractivity contribution in [1.82, 2.24) is 0 Å². The van der Waals surface area contributed by atoms with Crippen molar-refractivity contribution in [2.45, 2.75) is 31.3 Å². The zero-order chi connectivity index (χ0) is 17.1. The molecule has 0 heterocycles. The van der Waals surface area contributed by atoms with Crippen LogP contribution in [0.25, 0.3) is 5.57 Å². The summed E-state index contributed by atoms with van der Waals surface area (Å²) in [4.78, 5) is 0. The molecule has 23 heavy (non-hydrogen) atoms. The van der Waals surface area contributed by atoms with Crippen LogP contribution in [0.15, 0.2) is 79.4 Å². The molecular formula is C21H26OSi. The third kappa shape index (κ3) is 3.71. The van der Waals surface area contributed by atoms with E-state index in [1.165, 1.54) is 0 Å². The largest absolute Gasteiger partial charge is 0.388 e. The minimum atomic E-state index is -1.91. The molecule has 1 unspecified atom stereocenters. The summed E-state index contributed by atoms with van der Waals surface area (Å²) in [7, 11) is -1.91. The molecule has 1 atom stereocenters. The maximum absolute atomic E-state index is 11.5. The molecule has 0 fully saturated rings. The van der Waals surface area contributed by atoms with Crippen molar-refractivity contribution in [3.05, 3.63) is 90.5 Å². The van der Waals surface area contributed by atoms with E-state index in [1.807, 2.05) is 60.7 Å². The minimum Gasteiger partial charge on any atom is -0.388 e. The lowest BCUT2D eigenvalue weighted by molar-refractivity contribution is 0.116. The second kappa shape index (κ2) is 6.69. The second-order valence-electron chi connectivity index (χ2n) is 7.10. The smallest absolute Gasteiger partial charge is 0.0882 e. The molecule has 0 spiro atoms. The Morgan fingerprint density at radius 3 is 1.87 bits per heavy atom. The molecule has 2 rings (SSSR count). The molecule has 1 N–H and O–H groups in total. The predicted octanol–water partition coefficient (Wildman–Crippen LogP) is 5.41. The van der Waals surface area contributed by atoms with Crippen LogP contribution in [0.4, 0.5) is 0 Å². The average molecular weight is 323 g/mol. The van der Waals surface area contributed by atoms with Gasteiger partial charge in [0.1, 0.15) is 0 Å². The lowest BCUT2D eigenvalue weighted by atomic mass is 9.93. The summed E-state index contributed by atoms with van der Waals surface area (Å²) in [6.07, 6.45) is 0.514. The quantitative estimate of drug-likeness (QED) is 0.557. The van der Waals surface area contributed by atoms with Gasteiger partial charge in [0, 0.05) is 6.42 Å². The first-order chi connectivity index (χ1) is 10.8. The number of allylic oxidation sites excluding steroid dienone is 1. The third-order valence-corrected chi connectivity index (χ3v) is 7.46. The number of rotatable bonds is 6. The first-order valence-electron chi connectivity index (χ1n) is 7.96. The minimum absolute atomic E-state index is 0.514. The van der Waals surface area contributed by atoms with Gasteiger partial charge in [-0.1, -0.05) is 93.5 Å². The second-order valence-corrected chi connectivity index (χ2v) is 12.4. The SMILES string of the molecule is C=C(CC(O)(c1ccccc1)[Si](C)(C)C)C(=C)c1ccccc1. The molecule has 0 bridgehead atoms. The first-order valence-corrected chi connectivity index (χ1v) is 11.5. The Bertz CT molecular complexity index is 683. The summed E-state index contributed by atoms with van der Waals surface area (Å²) < 4.78 is 0. The van der Waals surface area contributed by atoms with Gasteiger partial charge in [0.05, 0.1) is 13.3 Å². The van der Waals surface area contributed by atoms with Crippen molar-refractivity contribution in [2.75, 3.05) is 0 Å². The van der Waals surface area contributed by atoms with Crippen molar-refractivity contribution in [3.8, 4) is 0 Å². The molecule has 0 aliphatic heterocycles. The van der Waals surface area contributed by atoms with E-state index < -0.39 is 13.3 Å². The van der Waals surface area contributed by atoms with E-state index >= 15 is 0 Å². The Balaban J connectivity index is 2.33. The van der Waals surface area contributed by atoms with Crippen molar-refractivity contribution in [2.24, 2.45) is 0 Å². The Morgan fingerprint density at radius 2 is 1.39 bits per heavy atom.